The second-order valence-electron chi connectivity index (χ2n) is 4.99. The summed E-state index contributed by atoms with van der Waals surface area (Å²) in [6.45, 7) is 1.44. The fourth-order valence-electron chi connectivity index (χ4n) is 1.87. The SMILES string of the molecule is CN(C)CCCOc1cccc(F)c1Oc1ccccc1. The normalized spacial score (nSPS) is 10.7. The van der Waals surface area contributed by atoms with E-state index in [1.54, 1.807) is 24.3 Å². The molecule has 21 heavy (non-hydrogen) atoms. The summed E-state index contributed by atoms with van der Waals surface area (Å²) in [7, 11) is 4.01. The number of hydrogen-bond acceptors (Lipinski definition) is 3. The minimum absolute atomic E-state index is 0.133. The minimum Gasteiger partial charge on any atom is -0.490 e. The van der Waals surface area contributed by atoms with Crippen LogP contribution < -0.4 is 9.47 Å². The van der Waals surface area contributed by atoms with E-state index in [2.05, 4.69) is 4.90 Å². The highest BCUT2D eigenvalue weighted by atomic mass is 19.1. The summed E-state index contributed by atoms with van der Waals surface area (Å²) in [6.07, 6.45) is 0.869. The number of ether oxygens (including phenoxy) is 2. The third-order valence-electron chi connectivity index (χ3n) is 2.90. The van der Waals surface area contributed by atoms with Crippen molar-refractivity contribution < 1.29 is 13.9 Å². The Bertz CT molecular complexity index is 558. The molecule has 0 unspecified atom stereocenters. The molecule has 2 rings (SSSR count). The summed E-state index contributed by atoms with van der Waals surface area (Å²) in [5.74, 6) is 0.718. The van der Waals surface area contributed by atoms with E-state index in [1.165, 1.54) is 6.07 Å². The Balaban J connectivity index is 2.05. The highest BCUT2D eigenvalue weighted by Gasteiger charge is 2.12. The molecule has 0 amide bonds. The van der Waals surface area contributed by atoms with Crippen LogP contribution in [0.5, 0.6) is 17.2 Å². The Labute approximate surface area is 124 Å². The molecule has 0 aliphatic carbocycles. The standard InChI is InChI=1S/C17H20FNO2/c1-19(2)12-7-13-20-16-11-6-10-15(18)17(16)21-14-8-4-3-5-9-14/h3-6,8-11H,7,12-13H2,1-2H3. The second-order valence-corrected chi connectivity index (χ2v) is 4.99. The van der Waals surface area contributed by atoms with E-state index in [0.717, 1.165) is 13.0 Å². The van der Waals surface area contributed by atoms with Crippen molar-refractivity contribution >= 4 is 0 Å². The van der Waals surface area contributed by atoms with Crippen LogP contribution in [-0.2, 0) is 0 Å². The Hall–Kier alpha value is -2.07. The van der Waals surface area contributed by atoms with Gasteiger partial charge in [-0.05, 0) is 44.8 Å². The van der Waals surface area contributed by atoms with Gasteiger partial charge < -0.3 is 14.4 Å². The van der Waals surface area contributed by atoms with Crippen molar-refractivity contribution in [3.8, 4) is 17.2 Å². The van der Waals surface area contributed by atoms with E-state index in [9.17, 15) is 4.39 Å². The molecule has 2 aromatic rings. The van der Waals surface area contributed by atoms with E-state index in [4.69, 9.17) is 9.47 Å². The molecule has 0 spiro atoms. The first-order valence-electron chi connectivity index (χ1n) is 6.96. The minimum atomic E-state index is -0.427. The molecule has 0 saturated carbocycles. The van der Waals surface area contributed by atoms with Crippen LogP contribution in [0.1, 0.15) is 6.42 Å². The van der Waals surface area contributed by atoms with E-state index < -0.39 is 5.82 Å². The van der Waals surface area contributed by atoms with Gasteiger partial charge in [0, 0.05) is 6.54 Å². The highest BCUT2D eigenvalue weighted by Crippen LogP contribution is 2.34. The Kier molecular flexibility index (Phi) is 5.58. The van der Waals surface area contributed by atoms with Gasteiger partial charge in [-0.2, -0.15) is 0 Å². The number of benzene rings is 2. The third-order valence-corrected chi connectivity index (χ3v) is 2.90. The monoisotopic (exact) mass is 289 g/mol. The molecule has 0 N–H and O–H groups in total. The predicted octanol–water partition coefficient (Wildman–Crippen LogP) is 3.95. The average Bonchev–Trinajstić information content (AvgIpc) is 2.47. The molecule has 0 aliphatic rings. The fourth-order valence-corrected chi connectivity index (χ4v) is 1.87. The smallest absolute Gasteiger partial charge is 0.204 e. The molecule has 0 heterocycles. The number of rotatable bonds is 7. The summed E-state index contributed by atoms with van der Waals surface area (Å²) < 4.78 is 25.2. The van der Waals surface area contributed by atoms with E-state index in [1.807, 2.05) is 32.3 Å². The topological polar surface area (TPSA) is 21.7 Å². The molecule has 2 aromatic carbocycles. The highest BCUT2D eigenvalue weighted by molar-refractivity contribution is 5.43. The van der Waals surface area contributed by atoms with Gasteiger partial charge in [-0.3, -0.25) is 0 Å². The van der Waals surface area contributed by atoms with Crippen molar-refractivity contribution in [3.05, 3.63) is 54.3 Å². The first-order valence-corrected chi connectivity index (χ1v) is 6.96. The second kappa shape index (κ2) is 7.64. The van der Waals surface area contributed by atoms with Gasteiger partial charge in [-0.1, -0.05) is 24.3 Å². The molecule has 4 heteroatoms. The number of para-hydroxylation sites is 2. The number of hydrogen-bond donors (Lipinski definition) is 0. The van der Waals surface area contributed by atoms with Crippen molar-refractivity contribution in [1.29, 1.82) is 0 Å². The summed E-state index contributed by atoms with van der Waals surface area (Å²) in [5, 5.41) is 0. The van der Waals surface area contributed by atoms with Crippen molar-refractivity contribution in [1.82, 2.24) is 4.90 Å². The van der Waals surface area contributed by atoms with Gasteiger partial charge in [0.15, 0.2) is 11.6 Å². The van der Waals surface area contributed by atoms with Crippen LogP contribution >= 0.6 is 0 Å². The maximum Gasteiger partial charge on any atom is 0.204 e. The third kappa shape index (κ3) is 4.76. The lowest BCUT2D eigenvalue weighted by atomic mass is 10.3. The zero-order chi connectivity index (χ0) is 15.1. The Morgan fingerprint density at radius 2 is 1.76 bits per heavy atom. The van der Waals surface area contributed by atoms with Crippen LogP contribution in [0, 0.1) is 5.82 Å². The van der Waals surface area contributed by atoms with Crippen LogP contribution in [0.15, 0.2) is 48.5 Å². The van der Waals surface area contributed by atoms with E-state index >= 15 is 0 Å². The van der Waals surface area contributed by atoms with Gasteiger partial charge >= 0.3 is 0 Å². The zero-order valence-corrected chi connectivity index (χ0v) is 12.4. The first kappa shape index (κ1) is 15.3. The van der Waals surface area contributed by atoms with Crippen molar-refractivity contribution in [2.24, 2.45) is 0 Å². The van der Waals surface area contributed by atoms with Gasteiger partial charge in [-0.15, -0.1) is 0 Å². The van der Waals surface area contributed by atoms with Crippen LogP contribution in [0.4, 0.5) is 4.39 Å². The molecule has 0 atom stereocenters. The lowest BCUT2D eigenvalue weighted by molar-refractivity contribution is 0.269. The van der Waals surface area contributed by atoms with Crippen LogP contribution in [-0.4, -0.2) is 32.1 Å². The summed E-state index contributed by atoms with van der Waals surface area (Å²) in [6, 6.07) is 13.8. The number of halogens is 1. The Morgan fingerprint density at radius 3 is 2.48 bits per heavy atom. The largest absolute Gasteiger partial charge is 0.490 e. The molecule has 0 radical (unpaired) electrons. The lowest BCUT2D eigenvalue weighted by Crippen LogP contribution is -2.15. The van der Waals surface area contributed by atoms with Gasteiger partial charge in [0.05, 0.1) is 6.61 Å². The van der Waals surface area contributed by atoms with E-state index in [0.29, 0.717) is 18.1 Å². The molecular formula is C17H20FNO2. The maximum absolute atomic E-state index is 14.0. The maximum atomic E-state index is 14.0. The number of nitrogens with zero attached hydrogens (tertiary/aromatic N) is 1. The van der Waals surface area contributed by atoms with Crippen molar-refractivity contribution in [2.75, 3.05) is 27.2 Å². The lowest BCUT2D eigenvalue weighted by Gasteiger charge is -2.14. The van der Waals surface area contributed by atoms with Crippen molar-refractivity contribution in [2.45, 2.75) is 6.42 Å². The van der Waals surface area contributed by atoms with Crippen molar-refractivity contribution in [3.63, 3.8) is 0 Å². The van der Waals surface area contributed by atoms with E-state index in [-0.39, 0.29) is 5.75 Å². The molecular weight excluding hydrogens is 269 g/mol. The first-order chi connectivity index (χ1) is 10.2. The molecule has 0 fully saturated rings. The van der Waals surface area contributed by atoms with Crippen LogP contribution in [0.2, 0.25) is 0 Å². The quantitative estimate of drug-likeness (QED) is 0.720. The molecule has 0 aromatic heterocycles. The zero-order valence-electron chi connectivity index (χ0n) is 12.4. The molecule has 0 bridgehead atoms. The summed E-state index contributed by atoms with van der Waals surface area (Å²) in [4.78, 5) is 2.08. The molecule has 112 valence electrons. The van der Waals surface area contributed by atoms with Gasteiger partial charge in [0.25, 0.3) is 0 Å². The molecule has 0 aliphatic heterocycles. The Morgan fingerprint density at radius 1 is 1.00 bits per heavy atom. The van der Waals surface area contributed by atoms with Gasteiger partial charge in [-0.25, -0.2) is 4.39 Å². The predicted molar refractivity (Wildman–Crippen MR) is 81.6 cm³/mol. The van der Waals surface area contributed by atoms with Crippen LogP contribution in [0.3, 0.4) is 0 Å². The molecule has 3 nitrogen and oxygen atoms in total. The molecule has 0 saturated heterocycles. The van der Waals surface area contributed by atoms with Gasteiger partial charge in [0.1, 0.15) is 5.75 Å². The fraction of sp³-hybridized carbons (Fsp3) is 0.294. The van der Waals surface area contributed by atoms with Gasteiger partial charge in [0.2, 0.25) is 5.75 Å². The average molecular weight is 289 g/mol. The summed E-state index contributed by atoms with van der Waals surface area (Å²) in [5.41, 5.74) is 0. The van der Waals surface area contributed by atoms with Crippen LogP contribution in [0.25, 0.3) is 0 Å². The summed E-state index contributed by atoms with van der Waals surface area (Å²) >= 11 is 0.